The van der Waals surface area contributed by atoms with Crippen molar-refractivity contribution in [2.24, 2.45) is 5.92 Å². The third-order valence-corrected chi connectivity index (χ3v) is 7.99. The number of hydrogen-bond acceptors (Lipinski definition) is 7. The lowest BCUT2D eigenvalue weighted by Gasteiger charge is -2.62. The molecule has 2 aliphatic carbocycles. The number of aromatic nitrogens is 3. The normalized spacial score (nSPS) is 26.4. The Labute approximate surface area is 216 Å². The van der Waals surface area contributed by atoms with Crippen molar-refractivity contribution in [3.63, 3.8) is 0 Å². The Morgan fingerprint density at radius 2 is 2.03 bits per heavy atom. The summed E-state index contributed by atoms with van der Waals surface area (Å²) in [6.07, 6.45) is 10.4. The van der Waals surface area contributed by atoms with Gasteiger partial charge in [0.05, 0.1) is 29.1 Å². The molecule has 7 rings (SSSR count). The van der Waals surface area contributed by atoms with Gasteiger partial charge in [-0.25, -0.2) is 9.50 Å². The molecule has 9 heteroatoms. The summed E-state index contributed by atoms with van der Waals surface area (Å²) in [4.78, 5) is 19.3. The standard InChI is InChI=1S/C28H32N6O3/c1-17(35)32-28-9-18-6-21(10-28)34(22(7-18)11-28)25-5-4-19(13-30-25)24-8-23(37-16-27(2,3)36)15-33-26(24)20(12-29)14-31-33/h4-5,8,13-15,18,21-22,36H,6-7,9-11,16H2,1-3H3,(H,32,35)/t18-,21-,22+,28-. The van der Waals surface area contributed by atoms with Crippen LogP contribution < -0.4 is 15.0 Å². The number of amides is 1. The van der Waals surface area contributed by atoms with Gasteiger partial charge in [-0.2, -0.15) is 10.4 Å². The summed E-state index contributed by atoms with van der Waals surface area (Å²) >= 11 is 0. The van der Waals surface area contributed by atoms with Gasteiger partial charge in [0, 0.05) is 41.9 Å². The Kier molecular flexibility index (Phi) is 5.42. The molecule has 2 saturated carbocycles. The predicted molar refractivity (Wildman–Crippen MR) is 138 cm³/mol. The van der Waals surface area contributed by atoms with Crippen molar-refractivity contribution in [1.29, 1.82) is 5.26 Å². The minimum atomic E-state index is -0.980. The van der Waals surface area contributed by atoms with Gasteiger partial charge in [0.2, 0.25) is 5.91 Å². The molecule has 4 aliphatic rings. The predicted octanol–water partition coefficient (Wildman–Crippen LogP) is 3.44. The minimum Gasteiger partial charge on any atom is -0.489 e. The number of piperidine rings is 2. The van der Waals surface area contributed by atoms with Crippen LogP contribution >= 0.6 is 0 Å². The first-order chi connectivity index (χ1) is 17.6. The van der Waals surface area contributed by atoms with Crippen LogP contribution in [0, 0.1) is 17.2 Å². The van der Waals surface area contributed by atoms with E-state index in [1.165, 1.54) is 0 Å². The molecule has 4 fully saturated rings. The van der Waals surface area contributed by atoms with Crippen molar-refractivity contribution < 1.29 is 14.6 Å². The lowest BCUT2D eigenvalue weighted by molar-refractivity contribution is -0.123. The van der Waals surface area contributed by atoms with Gasteiger partial charge in [-0.15, -0.1) is 0 Å². The molecule has 4 atom stereocenters. The highest BCUT2D eigenvalue weighted by Gasteiger charge is 2.55. The first kappa shape index (κ1) is 23.7. The first-order valence-electron chi connectivity index (χ1n) is 12.9. The van der Waals surface area contributed by atoms with E-state index in [1.807, 2.05) is 18.3 Å². The fourth-order valence-corrected chi connectivity index (χ4v) is 6.96. The van der Waals surface area contributed by atoms with Gasteiger partial charge >= 0.3 is 0 Å². The number of nitrogens with one attached hydrogen (secondary N) is 1. The summed E-state index contributed by atoms with van der Waals surface area (Å²) in [6.45, 7) is 5.12. The maximum Gasteiger partial charge on any atom is 0.217 e. The summed E-state index contributed by atoms with van der Waals surface area (Å²) in [7, 11) is 0. The smallest absolute Gasteiger partial charge is 0.217 e. The molecule has 3 aromatic heterocycles. The van der Waals surface area contributed by atoms with Gasteiger partial charge in [-0.3, -0.25) is 4.79 Å². The van der Waals surface area contributed by atoms with E-state index in [0.717, 1.165) is 49.0 Å². The summed E-state index contributed by atoms with van der Waals surface area (Å²) < 4.78 is 7.49. The van der Waals surface area contributed by atoms with Crippen LogP contribution in [0.15, 0.2) is 36.8 Å². The SMILES string of the molecule is CC(=O)N[C@]12C[C@@H]3C[C@H](C1)N(c1ccc(-c4cc(OCC(C)(C)O)cn5ncc(C#N)c45)cn1)[C@@H](C3)C2. The van der Waals surface area contributed by atoms with Crippen LogP contribution in [-0.4, -0.2) is 55.4 Å². The molecule has 9 nitrogen and oxygen atoms in total. The monoisotopic (exact) mass is 500 g/mol. The van der Waals surface area contributed by atoms with Gasteiger partial charge < -0.3 is 20.1 Å². The van der Waals surface area contributed by atoms with E-state index in [4.69, 9.17) is 9.72 Å². The average Bonchev–Trinajstić information content (AvgIpc) is 3.24. The largest absolute Gasteiger partial charge is 0.489 e. The van der Waals surface area contributed by atoms with Crippen molar-refractivity contribution in [1.82, 2.24) is 19.9 Å². The molecule has 37 heavy (non-hydrogen) atoms. The highest BCUT2D eigenvalue weighted by molar-refractivity contribution is 5.85. The zero-order valence-electron chi connectivity index (χ0n) is 21.4. The number of pyridine rings is 2. The number of ether oxygens (including phenoxy) is 1. The topological polar surface area (TPSA) is 116 Å². The van der Waals surface area contributed by atoms with Gasteiger partial charge in [0.1, 0.15) is 24.2 Å². The maximum absolute atomic E-state index is 11.9. The molecule has 192 valence electrons. The summed E-state index contributed by atoms with van der Waals surface area (Å²) in [5, 5.41) is 27.4. The average molecular weight is 501 g/mol. The van der Waals surface area contributed by atoms with Crippen LogP contribution in [0.4, 0.5) is 5.82 Å². The molecule has 0 radical (unpaired) electrons. The van der Waals surface area contributed by atoms with Crippen molar-refractivity contribution in [3.05, 3.63) is 42.4 Å². The molecule has 0 aromatic carbocycles. The van der Waals surface area contributed by atoms with E-state index in [2.05, 4.69) is 27.5 Å². The number of carbonyl (C=O) groups is 1. The molecule has 5 heterocycles. The molecule has 0 unspecified atom stereocenters. The van der Waals surface area contributed by atoms with E-state index < -0.39 is 5.60 Å². The number of aliphatic hydroxyl groups is 1. The molecule has 2 N–H and O–H groups in total. The summed E-state index contributed by atoms with van der Waals surface area (Å²) in [6, 6.07) is 8.96. The Hall–Kier alpha value is -3.64. The quantitative estimate of drug-likeness (QED) is 0.533. The molecule has 1 amide bonds. The van der Waals surface area contributed by atoms with Crippen LogP contribution in [0.2, 0.25) is 0 Å². The van der Waals surface area contributed by atoms with E-state index in [0.29, 0.717) is 34.8 Å². The van der Waals surface area contributed by atoms with E-state index in [9.17, 15) is 15.2 Å². The van der Waals surface area contributed by atoms with Crippen LogP contribution in [0.5, 0.6) is 5.75 Å². The highest BCUT2D eigenvalue weighted by atomic mass is 16.5. The van der Waals surface area contributed by atoms with Crippen LogP contribution in [0.1, 0.15) is 58.4 Å². The van der Waals surface area contributed by atoms with Crippen LogP contribution in [0.3, 0.4) is 0 Å². The second-order valence-corrected chi connectivity index (χ2v) is 11.7. The second-order valence-electron chi connectivity index (χ2n) is 11.7. The fourth-order valence-electron chi connectivity index (χ4n) is 6.96. The summed E-state index contributed by atoms with van der Waals surface area (Å²) in [5.74, 6) is 2.23. The molecule has 2 saturated heterocycles. The Morgan fingerprint density at radius 1 is 1.27 bits per heavy atom. The third-order valence-electron chi connectivity index (χ3n) is 7.99. The van der Waals surface area contributed by atoms with Crippen molar-refractivity contribution in [2.45, 2.75) is 76.1 Å². The zero-order valence-corrected chi connectivity index (χ0v) is 21.4. The van der Waals surface area contributed by atoms with Gasteiger partial charge in [0.25, 0.3) is 0 Å². The molecule has 4 bridgehead atoms. The maximum atomic E-state index is 11.9. The second kappa shape index (κ2) is 8.45. The van der Waals surface area contributed by atoms with E-state index in [1.54, 1.807) is 37.7 Å². The zero-order chi connectivity index (χ0) is 25.9. The molecular formula is C28H32N6O3. The Morgan fingerprint density at radius 3 is 2.65 bits per heavy atom. The number of rotatable bonds is 6. The molecule has 2 aliphatic heterocycles. The van der Waals surface area contributed by atoms with Gasteiger partial charge in [-0.1, -0.05) is 0 Å². The number of anilines is 1. The molecular weight excluding hydrogens is 468 g/mol. The van der Waals surface area contributed by atoms with Crippen molar-refractivity contribution in [2.75, 3.05) is 11.5 Å². The minimum absolute atomic E-state index is 0.0627. The molecule has 3 aromatic rings. The fraction of sp³-hybridized carbons (Fsp3) is 0.500. The Balaban J connectivity index is 1.32. The highest BCUT2D eigenvalue weighted by Crippen LogP contribution is 2.52. The van der Waals surface area contributed by atoms with Crippen molar-refractivity contribution >= 4 is 17.2 Å². The van der Waals surface area contributed by atoms with Crippen LogP contribution in [0.25, 0.3) is 16.6 Å². The number of nitriles is 1. The van der Waals surface area contributed by atoms with Gasteiger partial charge in [-0.05, 0) is 70.1 Å². The number of fused-ring (bicyclic) bond motifs is 1. The number of carbonyl (C=O) groups excluding carboxylic acids is 1. The molecule has 0 spiro atoms. The Bertz CT molecular complexity index is 1380. The number of hydrogen-bond donors (Lipinski definition) is 2. The van der Waals surface area contributed by atoms with Crippen molar-refractivity contribution in [3.8, 4) is 22.9 Å². The number of nitrogens with zero attached hydrogens (tertiary/aromatic N) is 5. The van der Waals surface area contributed by atoms with E-state index in [-0.39, 0.29) is 18.1 Å². The first-order valence-corrected chi connectivity index (χ1v) is 12.9. The van der Waals surface area contributed by atoms with Crippen LogP contribution in [-0.2, 0) is 4.79 Å². The summed E-state index contributed by atoms with van der Waals surface area (Å²) in [5.41, 5.74) is 1.78. The third kappa shape index (κ3) is 4.29. The lowest BCUT2D eigenvalue weighted by atomic mass is 9.59. The van der Waals surface area contributed by atoms with Gasteiger partial charge in [0.15, 0.2) is 0 Å². The van der Waals surface area contributed by atoms with E-state index >= 15 is 0 Å². The lowest BCUT2D eigenvalue weighted by Crippen LogP contribution is -2.69.